The van der Waals surface area contributed by atoms with Crippen LogP contribution in [0.1, 0.15) is 6.42 Å². The van der Waals surface area contributed by atoms with Crippen molar-refractivity contribution in [3.05, 3.63) is 53.0 Å². The molecule has 0 spiro atoms. The second-order valence-corrected chi connectivity index (χ2v) is 6.18. The Balaban J connectivity index is 0.00000392. The summed E-state index contributed by atoms with van der Waals surface area (Å²) in [6.07, 6.45) is -4.62. The number of hydrogen-bond donors (Lipinski definition) is 3. The third-order valence-corrected chi connectivity index (χ3v) is 3.64. The van der Waals surface area contributed by atoms with Gasteiger partial charge in [-0.05, 0) is 48.5 Å². The number of anilines is 2. The first-order chi connectivity index (χ1) is 12.7. The summed E-state index contributed by atoms with van der Waals surface area (Å²) in [7, 11) is 0. The standard InChI is InChI=1S/C17H16BrF3N4O2.HI/c18-11-1-3-12(4-2-11)24-15(26)9-10-23-16(22)25-13-5-7-14(8-6-13)27-17(19,20)21;/h1-8H,9-10H2,(H,24,26)(H3,22,23,25);1H. The van der Waals surface area contributed by atoms with Gasteiger partial charge in [-0.1, -0.05) is 15.9 Å². The fourth-order valence-electron chi connectivity index (χ4n) is 1.96. The Kier molecular flexibility index (Phi) is 9.52. The van der Waals surface area contributed by atoms with Crippen LogP contribution in [-0.2, 0) is 4.79 Å². The quantitative estimate of drug-likeness (QED) is 0.265. The molecular weight excluding hydrogens is 556 g/mol. The summed E-state index contributed by atoms with van der Waals surface area (Å²) < 4.78 is 41.0. The minimum Gasteiger partial charge on any atom is -0.406 e. The van der Waals surface area contributed by atoms with Crippen molar-refractivity contribution in [2.75, 3.05) is 17.2 Å². The normalized spacial score (nSPS) is 11.4. The van der Waals surface area contributed by atoms with Crippen molar-refractivity contribution in [2.24, 2.45) is 10.7 Å². The van der Waals surface area contributed by atoms with E-state index in [1.165, 1.54) is 12.1 Å². The lowest BCUT2D eigenvalue weighted by molar-refractivity contribution is -0.274. The molecule has 0 aromatic heterocycles. The van der Waals surface area contributed by atoms with Crippen molar-refractivity contribution >= 4 is 63.1 Å². The molecule has 2 rings (SSSR count). The zero-order chi connectivity index (χ0) is 19.9. The second kappa shape index (κ2) is 11.1. The molecule has 0 saturated heterocycles. The maximum absolute atomic E-state index is 12.1. The minimum atomic E-state index is -4.74. The Hall–Kier alpha value is -2.02. The maximum atomic E-state index is 12.1. The molecule has 0 unspecified atom stereocenters. The van der Waals surface area contributed by atoms with E-state index in [1.54, 1.807) is 24.3 Å². The number of benzene rings is 2. The second-order valence-electron chi connectivity index (χ2n) is 5.27. The molecular formula is C17H17BrF3IN4O2. The van der Waals surface area contributed by atoms with Gasteiger partial charge in [0.25, 0.3) is 0 Å². The van der Waals surface area contributed by atoms with Gasteiger partial charge in [0.2, 0.25) is 5.91 Å². The molecule has 0 bridgehead atoms. The molecule has 1 amide bonds. The number of halogens is 5. The fourth-order valence-corrected chi connectivity index (χ4v) is 2.23. The van der Waals surface area contributed by atoms with Crippen LogP contribution in [0.5, 0.6) is 5.75 Å². The number of nitrogens with zero attached hydrogens (tertiary/aromatic N) is 1. The first-order valence-electron chi connectivity index (χ1n) is 7.69. The highest BCUT2D eigenvalue weighted by atomic mass is 127. The number of nitrogens with one attached hydrogen (secondary N) is 2. The Morgan fingerprint density at radius 3 is 2.14 bits per heavy atom. The highest BCUT2D eigenvalue weighted by Crippen LogP contribution is 2.23. The topological polar surface area (TPSA) is 88.7 Å². The van der Waals surface area contributed by atoms with Crippen LogP contribution in [0.25, 0.3) is 0 Å². The lowest BCUT2D eigenvalue weighted by atomic mass is 10.3. The first kappa shape index (κ1) is 24.0. The van der Waals surface area contributed by atoms with E-state index >= 15 is 0 Å². The van der Waals surface area contributed by atoms with Gasteiger partial charge in [-0.15, -0.1) is 37.1 Å². The lowest BCUT2D eigenvalue weighted by Crippen LogP contribution is -2.23. The number of carbonyl (C=O) groups excluding carboxylic acids is 1. The summed E-state index contributed by atoms with van der Waals surface area (Å²) in [5.41, 5.74) is 6.79. The van der Waals surface area contributed by atoms with E-state index in [0.29, 0.717) is 11.4 Å². The number of nitrogens with two attached hydrogens (primary N) is 1. The molecule has 0 aliphatic carbocycles. The van der Waals surface area contributed by atoms with E-state index in [2.05, 4.69) is 36.3 Å². The maximum Gasteiger partial charge on any atom is 0.573 e. The van der Waals surface area contributed by atoms with E-state index in [-0.39, 0.29) is 54.6 Å². The fraction of sp³-hybridized carbons (Fsp3) is 0.176. The zero-order valence-electron chi connectivity index (χ0n) is 14.3. The van der Waals surface area contributed by atoms with E-state index in [4.69, 9.17) is 5.73 Å². The Morgan fingerprint density at radius 1 is 1.04 bits per heavy atom. The van der Waals surface area contributed by atoms with Crippen molar-refractivity contribution in [2.45, 2.75) is 12.8 Å². The van der Waals surface area contributed by atoms with Crippen LogP contribution in [-0.4, -0.2) is 24.8 Å². The zero-order valence-corrected chi connectivity index (χ0v) is 18.2. The van der Waals surface area contributed by atoms with Crippen molar-refractivity contribution < 1.29 is 22.7 Å². The molecule has 11 heteroatoms. The van der Waals surface area contributed by atoms with E-state index in [9.17, 15) is 18.0 Å². The highest BCUT2D eigenvalue weighted by Gasteiger charge is 2.30. The van der Waals surface area contributed by atoms with Crippen LogP contribution in [0, 0.1) is 0 Å². The Labute approximate surface area is 184 Å². The van der Waals surface area contributed by atoms with Gasteiger partial charge in [-0.2, -0.15) is 0 Å². The monoisotopic (exact) mass is 572 g/mol. The number of hydrogen-bond acceptors (Lipinski definition) is 3. The molecule has 0 atom stereocenters. The van der Waals surface area contributed by atoms with Gasteiger partial charge < -0.3 is 21.1 Å². The molecule has 0 aliphatic heterocycles. The third-order valence-electron chi connectivity index (χ3n) is 3.11. The lowest BCUT2D eigenvalue weighted by Gasteiger charge is -2.10. The van der Waals surface area contributed by atoms with Crippen LogP contribution in [0.15, 0.2) is 58.0 Å². The summed E-state index contributed by atoms with van der Waals surface area (Å²) in [4.78, 5) is 15.8. The molecule has 6 nitrogen and oxygen atoms in total. The summed E-state index contributed by atoms with van der Waals surface area (Å²) >= 11 is 3.31. The van der Waals surface area contributed by atoms with E-state index < -0.39 is 6.36 Å². The van der Waals surface area contributed by atoms with E-state index in [1.807, 2.05) is 0 Å². The van der Waals surface area contributed by atoms with Gasteiger partial charge in [0.05, 0.1) is 6.54 Å². The van der Waals surface area contributed by atoms with E-state index in [0.717, 1.165) is 16.6 Å². The Bertz CT molecular complexity index is 800. The molecule has 28 heavy (non-hydrogen) atoms. The van der Waals surface area contributed by atoms with Crippen molar-refractivity contribution in [3.8, 4) is 5.75 Å². The Morgan fingerprint density at radius 2 is 1.57 bits per heavy atom. The third kappa shape index (κ3) is 9.26. The van der Waals surface area contributed by atoms with Gasteiger partial charge in [-0.3, -0.25) is 9.79 Å². The van der Waals surface area contributed by atoms with Crippen LogP contribution >= 0.6 is 39.9 Å². The molecule has 0 aliphatic rings. The summed E-state index contributed by atoms with van der Waals surface area (Å²) in [5.74, 6) is -0.522. The highest BCUT2D eigenvalue weighted by molar-refractivity contribution is 14.0. The first-order valence-corrected chi connectivity index (χ1v) is 8.49. The molecule has 2 aromatic carbocycles. The summed E-state index contributed by atoms with van der Waals surface area (Å²) in [6.45, 7) is 0.149. The number of carbonyl (C=O) groups is 1. The van der Waals surface area contributed by atoms with Crippen LogP contribution in [0.2, 0.25) is 0 Å². The molecule has 0 radical (unpaired) electrons. The molecule has 2 aromatic rings. The number of alkyl halides is 3. The summed E-state index contributed by atoms with van der Waals surface area (Å²) in [6, 6.07) is 12.2. The van der Waals surface area contributed by atoms with Gasteiger partial charge >= 0.3 is 6.36 Å². The SMILES string of the molecule is I.NC(=NCCC(=O)Nc1ccc(Br)cc1)Nc1ccc(OC(F)(F)F)cc1. The van der Waals surface area contributed by atoms with Gasteiger partial charge in [0.15, 0.2) is 5.96 Å². The predicted molar refractivity (Wildman–Crippen MR) is 116 cm³/mol. The molecule has 152 valence electrons. The van der Waals surface area contributed by atoms with Gasteiger partial charge in [0.1, 0.15) is 5.75 Å². The number of guanidine groups is 1. The molecule has 0 heterocycles. The average Bonchev–Trinajstić information content (AvgIpc) is 2.57. The minimum absolute atomic E-state index is 0. The van der Waals surface area contributed by atoms with Crippen LogP contribution < -0.4 is 21.1 Å². The number of ether oxygens (including phenoxy) is 1. The van der Waals surface area contributed by atoms with Crippen LogP contribution in [0.4, 0.5) is 24.5 Å². The van der Waals surface area contributed by atoms with Crippen molar-refractivity contribution in [1.29, 1.82) is 0 Å². The largest absolute Gasteiger partial charge is 0.573 e. The van der Waals surface area contributed by atoms with Crippen LogP contribution in [0.3, 0.4) is 0 Å². The molecule has 0 saturated carbocycles. The average molecular weight is 573 g/mol. The number of amides is 1. The van der Waals surface area contributed by atoms with Gasteiger partial charge in [-0.25, -0.2) is 0 Å². The summed E-state index contributed by atoms with van der Waals surface area (Å²) in [5, 5.41) is 5.44. The number of aliphatic imine (C=N–C) groups is 1. The number of rotatable bonds is 6. The molecule has 4 N–H and O–H groups in total. The van der Waals surface area contributed by atoms with Crippen molar-refractivity contribution in [1.82, 2.24) is 0 Å². The predicted octanol–water partition coefficient (Wildman–Crippen LogP) is 4.72. The van der Waals surface area contributed by atoms with Gasteiger partial charge in [0, 0.05) is 22.3 Å². The van der Waals surface area contributed by atoms with Crippen molar-refractivity contribution in [3.63, 3.8) is 0 Å². The molecule has 0 fully saturated rings. The smallest absolute Gasteiger partial charge is 0.406 e.